The maximum Gasteiger partial charge on any atom is 0.128 e. The third-order valence-electron chi connectivity index (χ3n) is 3.98. The number of hydrogen-bond acceptors (Lipinski definition) is 4. The van der Waals surface area contributed by atoms with E-state index in [1.54, 1.807) is 0 Å². The number of para-hydroxylation sites is 1. The number of nitrogens with one attached hydrogen (secondary N) is 1. The van der Waals surface area contributed by atoms with E-state index < -0.39 is 0 Å². The summed E-state index contributed by atoms with van der Waals surface area (Å²) >= 11 is 0. The van der Waals surface area contributed by atoms with Crippen molar-refractivity contribution in [1.82, 2.24) is 4.98 Å². The summed E-state index contributed by atoms with van der Waals surface area (Å²) in [6.45, 7) is 4.72. The van der Waals surface area contributed by atoms with Gasteiger partial charge in [0.1, 0.15) is 11.6 Å². The van der Waals surface area contributed by atoms with Crippen molar-refractivity contribution in [2.75, 3.05) is 23.3 Å². The number of aromatic hydroxyl groups is 1. The van der Waals surface area contributed by atoms with Crippen molar-refractivity contribution in [2.45, 2.75) is 26.3 Å². The van der Waals surface area contributed by atoms with E-state index in [4.69, 9.17) is 0 Å². The van der Waals surface area contributed by atoms with Gasteiger partial charge in [-0.25, -0.2) is 4.98 Å². The van der Waals surface area contributed by atoms with Crippen LogP contribution < -0.4 is 10.2 Å². The molecule has 1 fully saturated rings. The van der Waals surface area contributed by atoms with Crippen molar-refractivity contribution in [3.63, 3.8) is 0 Å². The molecule has 1 saturated heterocycles. The summed E-state index contributed by atoms with van der Waals surface area (Å²) in [4.78, 5) is 6.83. The molecule has 0 saturated carbocycles. The summed E-state index contributed by atoms with van der Waals surface area (Å²) in [5, 5.41) is 13.3. The lowest BCUT2D eigenvalue weighted by atomic mass is 10.1. The Morgan fingerprint density at radius 2 is 2.00 bits per heavy atom. The second-order valence-electron chi connectivity index (χ2n) is 5.54. The Morgan fingerprint density at radius 1 is 1.19 bits per heavy atom. The average molecular weight is 283 g/mol. The number of aromatic nitrogens is 1. The lowest BCUT2D eigenvalue weighted by Crippen LogP contribution is -2.18. The van der Waals surface area contributed by atoms with Gasteiger partial charge in [-0.1, -0.05) is 18.2 Å². The summed E-state index contributed by atoms with van der Waals surface area (Å²) < 4.78 is 0. The van der Waals surface area contributed by atoms with E-state index in [-0.39, 0.29) is 0 Å². The first-order valence-electron chi connectivity index (χ1n) is 7.46. The molecule has 0 unspecified atom stereocenters. The predicted octanol–water partition coefficient (Wildman–Crippen LogP) is 3.31. The molecule has 1 aliphatic heterocycles. The first-order chi connectivity index (χ1) is 10.2. The van der Waals surface area contributed by atoms with Crippen LogP contribution in [0.15, 0.2) is 36.5 Å². The third-order valence-corrected chi connectivity index (χ3v) is 3.98. The summed E-state index contributed by atoms with van der Waals surface area (Å²) in [6, 6.07) is 9.91. The summed E-state index contributed by atoms with van der Waals surface area (Å²) in [5.41, 5.74) is 2.77. The molecule has 0 bridgehead atoms. The van der Waals surface area contributed by atoms with Crippen molar-refractivity contribution in [3.8, 4) is 5.75 Å². The minimum atomic E-state index is 0.367. The molecule has 0 amide bonds. The number of phenolic OH excluding ortho intramolecular Hbond substituents is 1. The van der Waals surface area contributed by atoms with Crippen LogP contribution in [0.2, 0.25) is 0 Å². The van der Waals surface area contributed by atoms with Crippen LogP contribution in [-0.2, 0) is 6.54 Å². The Morgan fingerprint density at radius 3 is 2.71 bits per heavy atom. The highest BCUT2D eigenvalue weighted by molar-refractivity contribution is 5.50. The van der Waals surface area contributed by atoms with E-state index in [1.807, 2.05) is 37.4 Å². The highest BCUT2D eigenvalue weighted by atomic mass is 16.3. The van der Waals surface area contributed by atoms with Crippen molar-refractivity contribution in [2.24, 2.45) is 0 Å². The van der Waals surface area contributed by atoms with Crippen LogP contribution in [0.3, 0.4) is 0 Å². The molecule has 4 heteroatoms. The van der Waals surface area contributed by atoms with Crippen LogP contribution in [0.4, 0.5) is 11.5 Å². The highest BCUT2D eigenvalue weighted by Crippen LogP contribution is 2.23. The second-order valence-corrected chi connectivity index (χ2v) is 5.54. The number of phenols is 1. The first-order valence-corrected chi connectivity index (χ1v) is 7.46. The molecular weight excluding hydrogens is 262 g/mol. The van der Waals surface area contributed by atoms with E-state index in [9.17, 15) is 5.11 Å². The highest BCUT2D eigenvalue weighted by Gasteiger charge is 2.12. The zero-order chi connectivity index (χ0) is 14.7. The Kier molecular flexibility index (Phi) is 3.95. The number of nitrogens with zero attached hydrogens (tertiary/aromatic N) is 2. The zero-order valence-corrected chi connectivity index (χ0v) is 12.3. The van der Waals surface area contributed by atoms with Crippen LogP contribution in [0.25, 0.3) is 0 Å². The van der Waals surface area contributed by atoms with Gasteiger partial charge in [0.25, 0.3) is 0 Å². The van der Waals surface area contributed by atoms with Crippen molar-refractivity contribution in [1.29, 1.82) is 0 Å². The Labute approximate surface area is 125 Å². The van der Waals surface area contributed by atoms with Gasteiger partial charge in [-0.3, -0.25) is 0 Å². The SMILES string of the molecule is Cc1cccc(CNc2ccc(N3CCCC3)nc2)c1O. The van der Waals surface area contributed by atoms with Crippen LogP contribution in [0.1, 0.15) is 24.0 Å². The molecule has 2 N–H and O–H groups in total. The molecule has 2 aromatic rings. The van der Waals surface area contributed by atoms with Crippen LogP contribution in [-0.4, -0.2) is 23.2 Å². The molecule has 0 atom stereocenters. The lowest BCUT2D eigenvalue weighted by Gasteiger charge is -2.16. The van der Waals surface area contributed by atoms with E-state index in [1.165, 1.54) is 12.8 Å². The van der Waals surface area contributed by atoms with Gasteiger partial charge in [-0.15, -0.1) is 0 Å². The second kappa shape index (κ2) is 6.04. The van der Waals surface area contributed by atoms with Crippen molar-refractivity contribution >= 4 is 11.5 Å². The molecule has 0 aliphatic carbocycles. The van der Waals surface area contributed by atoms with Gasteiger partial charge in [0, 0.05) is 25.2 Å². The fraction of sp³-hybridized carbons (Fsp3) is 0.353. The van der Waals surface area contributed by atoms with Crippen molar-refractivity contribution < 1.29 is 5.11 Å². The van der Waals surface area contributed by atoms with Crippen LogP contribution in [0.5, 0.6) is 5.75 Å². The summed E-state index contributed by atoms with van der Waals surface area (Å²) in [7, 11) is 0. The third kappa shape index (κ3) is 3.10. The largest absolute Gasteiger partial charge is 0.507 e. The zero-order valence-electron chi connectivity index (χ0n) is 12.3. The van der Waals surface area contributed by atoms with Gasteiger partial charge in [-0.05, 0) is 37.5 Å². The smallest absolute Gasteiger partial charge is 0.128 e. The van der Waals surface area contributed by atoms with Gasteiger partial charge < -0.3 is 15.3 Å². The molecule has 4 nitrogen and oxygen atoms in total. The maximum absolute atomic E-state index is 10.0. The minimum Gasteiger partial charge on any atom is -0.507 e. The predicted molar refractivity (Wildman–Crippen MR) is 85.9 cm³/mol. The molecule has 21 heavy (non-hydrogen) atoms. The van der Waals surface area contributed by atoms with E-state index in [0.717, 1.165) is 35.7 Å². The van der Waals surface area contributed by atoms with E-state index in [2.05, 4.69) is 21.3 Å². The minimum absolute atomic E-state index is 0.367. The quantitative estimate of drug-likeness (QED) is 0.904. The fourth-order valence-electron chi connectivity index (χ4n) is 2.68. The number of aryl methyl sites for hydroxylation is 1. The lowest BCUT2D eigenvalue weighted by molar-refractivity contribution is 0.465. The molecule has 1 aliphatic rings. The van der Waals surface area contributed by atoms with Gasteiger partial charge in [0.2, 0.25) is 0 Å². The van der Waals surface area contributed by atoms with Crippen LogP contribution in [0, 0.1) is 6.92 Å². The Bertz CT molecular complexity index is 604. The summed E-state index contributed by atoms with van der Waals surface area (Å²) in [5.74, 6) is 1.42. The number of benzene rings is 1. The molecule has 1 aromatic heterocycles. The summed E-state index contributed by atoms with van der Waals surface area (Å²) in [6.07, 6.45) is 4.38. The van der Waals surface area contributed by atoms with Gasteiger partial charge >= 0.3 is 0 Å². The first kappa shape index (κ1) is 13.7. The topological polar surface area (TPSA) is 48.4 Å². The van der Waals surface area contributed by atoms with Gasteiger partial charge in [0.15, 0.2) is 0 Å². The number of rotatable bonds is 4. The standard InChI is InChI=1S/C17H21N3O/c1-13-5-4-6-14(17(13)21)11-18-15-7-8-16(19-12-15)20-9-2-3-10-20/h4-8,12,18,21H,2-3,9-11H2,1H3. The molecule has 1 aromatic carbocycles. The van der Waals surface area contributed by atoms with E-state index in [0.29, 0.717) is 12.3 Å². The Hall–Kier alpha value is -2.23. The van der Waals surface area contributed by atoms with Crippen LogP contribution >= 0.6 is 0 Å². The number of pyridine rings is 1. The van der Waals surface area contributed by atoms with Crippen molar-refractivity contribution in [3.05, 3.63) is 47.7 Å². The molecule has 0 spiro atoms. The normalized spacial score (nSPS) is 14.4. The van der Waals surface area contributed by atoms with Gasteiger partial charge in [0.05, 0.1) is 11.9 Å². The molecule has 0 radical (unpaired) electrons. The molecule has 3 rings (SSSR count). The van der Waals surface area contributed by atoms with E-state index >= 15 is 0 Å². The fourth-order valence-corrected chi connectivity index (χ4v) is 2.68. The number of anilines is 2. The average Bonchev–Trinajstić information content (AvgIpc) is 3.04. The Balaban J connectivity index is 1.64. The molecule has 110 valence electrons. The van der Waals surface area contributed by atoms with Gasteiger partial charge in [-0.2, -0.15) is 0 Å². The maximum atomic E-state index is 10.0. The molecule has 2 heterocycles. The monoisotopic (exact) mass is 283 g/mol. The molecular formula is C17H21N3O. The number of hydrogen-bond donors (Lipinski definition) is 2.